The zero-order chi connectivity index (χ0) is 24.1. The molecule has 1 N–H and O–H groups in total. The number of ether oxygens (including phenoxy) is 3. The van der Waals surface area contributed by atoms with Crippen molar-refractivity contribution in [1.29, 1.82) is 0 Å². The fraction of sp³-hybridized carbons (Fsp3) is 0.320. The van der Waals surface area contributed by atoms with E-state index in [0.717, 1.165) is 40.3 Å². The second-order valence-electron chi connectivity index (χ2n) is 7.81. The van der Waals surface area contributed by atoms with Crippen LogP contribution in [0.5, 0.6) is 11.5 Å². The van der Waals surface area contributed by atoms with Gasteiger partial charge < -0.3 is 29.0 Å². The van der Waals surface area contributed by atoms with Gasteiger partial charge in [-0.25, -0.2) is 0 Å². The van der Waals surface area contributed by atoms with E-state index in [1.807, 2.05) is 55.5 Å². The molecule has 3 aromatic rings. The largest absolute Gasteiger partial charge is 0.497 e. The Hall–Kier alpha value is -3.43. The predicted molar refractivity (Wildman–Crippen MR) is 134 cm³/mol. The summed E-state index contributed by atoms with van der Waals surface area (Å²) < 4.78 is 21.7. The number of methoxy groups -OCH3 is 3. The Morgan fingerprint density at radius 2 is 1.82 bits per heavy atom. The highest BCUT2D eigenvalue weighted by Gasteiger charge is 2.34. The molecule has 2 aromatic carbocycles. The first-order valence-corrected chi connectivity index (χ1v) is 11.4. The van der Waals surface area contributed by atoms with Crippen molar-refractivity contribution < 1.29 is 18.7 Å². The Bertz CT molecular complexity index is 1180. The lowest BCUT2D eigenvalue weighted by Gasteiger charge is -2.37. The van der Waals surface area contributed by atoms with Gasteiger partial charge in [-0.05, 0) is 67.5 Å². The molecule has 1 aromatic heterocycles. The molecule has 0 saturated carbocycles. The van der Waals surface area contributed by atoms with Crippen LogP contribution in [0.2, 0.25) is 0 Å². The lowest BCUT2D eigenvalue weighted by Crippen LogP contribution is -2.46. The van der Waals surface area contributed by atoms with Gasteiger partial charge in [0.05, 0.1) is 25.8 Å². The highest BCUT2D eigenvalue weighted by molar-refractivity contribution is 7.80. The van der Waals surface area contributed by atoms with Crippen LogP contribution >= 0.6 is 12.2 Å². The Kier molecular flexibility index (Phi) is 7.44. The van der Waals surface area contributed by atoms with Crippen molar-refractivity contribution in [3.8, 4) is 22.9 Å². The molecule has 0 saturated heterocycles. The van der Waals surface area contributed by atoms with E-state index in [4.69, 9.17) is 35.9 Å². The third-order valence-electron chi connectivity index (χ3n) is 5.76. The SMILES string of the molecule is COCCCN1C(=S)NC(c2cccc(OC)c2)C(c2nc(-c3ccc(OC)cc3)no2)=C1C. The molecule has 9 heteroatoms. The maximum atomic E-state index is 5.79. The van der Waals surface area contributed by atoms with Crippen LogP contribution in [0.15, 0.2) is 58.8 Å². The molecular weight excluding hydrogens is 452 g/mol. The van der Waals surface area contributed by atoms with Crippen LogP contribution in [-0.2, 0) is 4.74 Å². The summed E-state index contributed by atoms with van der Waals surface area (Å²) in [4.78, 5) is 6.80. The lowest BCUT2D eigenvalue weighted by molar-refractivity contribution is 0.188. The number of hydrogen-bond donors (Lipinski definition) is 1. The molecule has 1 aliphatic rings. The molecule has 0 bridgehead atoms. The van der Waals surface area contributed by atoms with Crippen LogP contribution in [0.4, 0.5) is 0 Å². The van der Waals surface area contributed by atoms with Crippen LogP contribution < -0.4 is 14.8 Å². The van der Waals surface area contributed by atoms with Crippen molar-refractivity contribution in [2.45, 2.75) is 19.4 Å². The summed E-state index contributed by atoms with van der Waals surface area (Å²) in [5.74, 6) is 2.46. The van der Waals surface area contributed by atoms with Crippen molar-refractivity contribution >= 4 is 22.9 Å². The van der Waals surface area contributed by atoms with Gasteiger partial charge in [0.25, 0.3) is 5.89 Å². The average Bonchev–Trinajstić information content (AvgIpc) is 3.35. The number of thiocarbonyl (C=S) groups is 1. The topological polar surface area (TPSA) is 81.9 Å². The fourth-order valence-electron chi connectivity index (χ4n) is 3.96. The van der Waals surface area contributed by atoms with E-state index in [-0.39, 0.29) is 6.04 Å². The number of aromatic nitrogens is 2. The van der Waals surface area contributed by atoms with Crippen molar-refractivity contribution in [2.24, 2.45) is 0 Å². The van der Waals surface area contributed by atoms with Crippen LogP contribution in [0.3, 0.4) is 0 Å². The lowest BCUT2D eigenvalue weighted by atomic mass is 9.94. The van der Waals surface area contributed by atoms with E-state index < -0.39 is 0 Å². The van der Waals surface area contributed by atoms with Crippen molar-refractivity contribution in [2.75, 3.05) is 34.5 Å². The molecule has 8 nitrogen and oxygen atoms in total. The highest BCUT2D eigenvalue weighted by atomic mass is 32.1. The summed E-state index contributed by atoms with van der Waals surface area (Å²) in [5, 5.41) is 8.35. The van der Waals surface area contributed by atoms with Gasteiger partial charge in [0.15, 0.2) is 5.11 Å². The third kappa shape index (κ3) is 4.90. The van der Waals surface area contributed by atoms with Crippen molar-refractivity contribution in [3.63, 3.8) is 0 Å². The Labute approximate surface area is 204 Å². The maximum absolute atomic E-state index is 5.79. The van der Waals surface area contributed by atoms with E-state index in [9.17, 15) is 0 Å². The normalized spacial score (nSPS) is 15.9. The van der Waals surface area contributed by atoms with Gasteiger partial charge in [0, 0.05) is 31.5 Å². The number of hydrogen-bond acceptors (Lipinski definition) is 7. The molecule has 0 amide bonds. The van der Waals surface area contributed by atoms with E-state index in [1.165, 1.54) is 0 Å². The first-order valence-electron chi connectivity index (χ1n) is 11.0. The van der Waals surface area contributed by atoms with E-state index in [1.54, 1.807) is 21.3 Å². The Morgan fingerprint density at radius 1 is 1.06 bits per heavy atom. The predicted octanol–water partition coefficient (Wildman–Crippen LogP) is 4.45. The molecule has 1 aliphatic heterocycles. The van der Waals surface area contributed by atoms with Crippen LogP contribution in [-0.4, -0.2) is 54.6 Å². The number of rotatable bonds is 9. The van der Waals surface area contributed by atoms with Gasteiger partial charge in [0.1, 0.15) is 11.5 Å². The molecule has 1 unspecified atom stereocenters. The molecule has 2 heterocycles. The molecule has 4 rings (SSSR count). The average molecular weight is 481 g/mol. The zero-order valence-corrected chi connectivity index (χ0v) is 20.5. The molecule has 0 radical (unpaired) electrons. The molecule has 1 atom stereocenters. The zero-order valence-electron chi connectivity index (χ0n) is 19.7. The van der Waals surface area contributed by atoms with Crippen molar-refractivity contribution in [3.05, 3.63) is 65.7 Å². The van der Waals surface area contributed by atoms with Crippen LogP contribution in [0.25, 0.3) is 17.0 Å². The molecule has 0 fully saturated rings. The van der Waals surface area contributed by atoms with Crippen molar-refractivity contribution in [1.82, 2.24) is 20.4 Å². The van der Waals surface area contributed by atoms with Gasteiger partial charge in [-0.1, -0.05) is 17.3 Å². The first-order chi connectivity index (χ1) is 16.5. The van der Waals surface area contributed by atoms with Crippen LogP contribution in [0, 0.1) is 0 Å². The third-order valence-corrected chi connectivity index (χ3v) is 6.10. The molecule has 178 valence electrons. The fourth-order valence-corrected chi connectivity index (χ4v) is 4.30. The minimum atomic E-state index is -0.273. The molecular formula is C25H28N4O4S. The molecule has 0 aliphatic carbocycles. The van der Waals surface area contributed by atoms with Gasteiger partial charge in [-0.3, -0.25) is 0 Å². The molecule has 34 heavy (non-hydrogen) atoms. The van der Waals surface area contributed by atoms with Gasteiger partial charge >= 0.3 is 0 Å². The summed E-state index contributed by atoms with van der Waals surface area (Å²) in [6.07, 6.45) is 0.827. The second-order valence-corrected chi connectivity index (χ2v) is 8.19. The number of allylic oxidation sites excluding steroid dienone is 1. The summed E-state index contributed by atoms with van der Waals surface area (Å²) in [6.45, 7) is 3.38. The smallest absolute Gasteiger partial charge is 0.258 e. The Morgan fingerprint density at radius 3 is 2.53 bits per heavy atom. The second kappa shape index (κ2) is 10.7. The van der Waals surface area contributed by atoms with Gasteiger partial charge in [-0.2, -0.15) is 4.98 Å². The minimum Gasteiger partial charge on any atom is -0.497 e. The van der Waals surface area contributed by atoms with E-state index in [0.29, 0.717) is 30.0 Å². The van der Waals surface area contributed by atoms with E-state index in [2.05, 4.69) is 15.4 Å². The number of benzene rings is 2. The van der Waals surface area contributed by atoms with Gasteiger partial charge in [-0.15, -0.1) is 0 Å². The summed E-state index contributed by atoms with van der Waals surface area (Å²) in [7, 11) is 4.98. The first kappa shape index (κ1) is 23.7. The highest BCUT2D eigenvalue weighted by Crippen LogP contribution is 2.38. The molecule has 0 spiro atoms. The minimum absolute atomic E-state index is 0.273. The number of nitrogens with one attached hydrogen (secondary N) is 1. The quantitative estimate of drug-likeness (QED) is 0.353. The maximum Gasteiger partial charge on any atom is 0.258 e. The Balaban J connectivity index is 1.76. The standard InChI is InChI=1S/C25H28N4O4S/c1-16-21(24-27-23(28-33-24)17-9-11-19(31-3)12-10-17)22(18-7-5-8-20(15-18)32-4)26-25(34)29(16)13-6-14-30-2/h5,7-12,15,22H,6,13-14H2,1-4H3,(H,26,34). The monoisotopic (exact) mass is 480 g/mol. The summed E-state index contributed by atoms with van der Waals surface area (Å²) in [6, 6.07) is 15.1. The van der Waals surface area contributed by atoms with Gasteiger partial charge in [0.2, 0.25) is 5.82 Å². The van der Waals surface area contributed by atoms with E-state index >= 15 is 0 Å². The summed E-state index contributed by atoms with van der Waals surface area (Å²) >= 11 is 5.73. The number of nitrogens with zero attached hydrogens (tertiary/aromatic N) is 3. The van der Waals surface area contributed by atoms with Crippen LogP contribution in [0.1, 0.15) is 30.8 Å². The summed E-state index contributed by atoms with van der Waals surface area (Å²) in [5.41, 5.74) is 3.64.